The number of aromatic nitrogens is 2. The topological polar surface area (TPSA) is 44.2 Å². The summed E-state index contributed by atoms with van der Waals surface area (Å²) in [6, 6.07) is 11.7. The molecule has 0 unspecified atom stereocenters. The van der Waals surface area contributed by atoms with Crippen LogP contribution in [-0.2, 0) is 22.7 Å². The van der Waals surface area contributed by atoms with E-state index >= 15 is 0 Å². The van der Waals surface area contributed by atoms with Gasteiger partial charge >= 0.3 is 0 Å². The van der Waals surface area contributed by atoms with Crippen LogP contribution in [-0.4, -0.2) is 24.2 Å². The minimum atomic E-state index is 0.506. The number of ether oxygens (including phenoxy) is 2. The van der Waals surface area contributed by atoms with E-state index in [2.05, 4.69) is 9.97 Å². The molecule has 0 radical (unpaired) electrons. The Labute approximate surface area is 107 Å². The fraction of sp³-hybridized carbons (Fsp3) is 0.286. The Hall–Kier alpha value is -1.78. The van der Waals surface area contributed by atoms with Crippen molar-refractivity contribution in [3.8, 4) is 11.4 Å². The molecule has 2 aromatic rings. The lowest BCUT2D eigenvalue weighted by Gasteiger charge is -2.05. The van der Waals surface area contributed by atoms with Gasteiger partial charge in [0.2, 0.25) is 0 Å². The molecule has 0 aromatic carbocycles. The van der Waals surface area contributed by atoms with Crippen LogP contribution in [0.5, 0.6) is 0 Å². The molecule has 0 atom stereocenters. The number of hydrogen-bond acceptors (Lipinski definition) is 4. The molecule has 4 nitrogen and oxygen atoms in total. The van der Waals surface area contributed by atoms with Crippen LogP contribution in [0.25, 0.3) is 11.4 Å². The van der Waals surface area contributed by atoms with Crippen molar-refractivity contribution >= 4 is 0 Å². The van der Waals surface area contributed by atoms with E-state index < -0.39 is 0 Å². The zero-order valence-corrected chi connectivity index (χ0v) is 10.6. The van der Waals surface area contributed by atoms with Crippen LogP contribution in [0.15, 0.2) is 36.4 Å². The summed E-state index contributed by atoms with van der Waals surface area (Å²) in [4.78, 5) is 9.01. The van der Waals surface area contributed by atoms with Gasteiger partial charge in [-0.3, -0.25) is 0 Å². The third kappa shape index (κ3) is 3.12. The molecule has 0 saturated carbocycles. The first kappa shape index (κ1) is 12.7. The number of nitrogens with zero attached hydrogens (tertiary/aromatic N) is 2. The normalized spacial score (nSPS) is 10.6. The molecular formula is C14H16N2O2. The van der Waals surface area contributed by atoms with Crippen LogP contribution < -0.4 is 0 Å². The molecule has 0 spiro atoms. The maximum absolute atomic E-state index is 5.08. The third-order valence-corrected chi connectivity index (χ3v) is 2.46. The largest absolute Gasteiger partial charge is 0.378 e. The molecule has 4 heteroatoms. The van der Waals surface area contributed by atoms with Crippen molar-refractivity contribution in [3.63, 3.8) is 0 Å². The Balaban J connectivity index is 2.29. The Kier molecular flexibility index (Phi) is 4.39. The molecule has 0 N–H and O–H groups in total. The molecule has 0 aliphatic heterocycles. The van der Waals surface area contributed by atoms with Gasteiger partial charge in [-0.2, -0.15) is 0 Å². The van der Waals surface area contributed by atoms with E-state index in [9.17, 15) is 0 Å². The molecular weight excluding hydrogens is 228 g/mol. The maximum atomic E-state index is 5.08. The van der Waals surface area contributed by atoms with Crippen LogP contribution in [0.2, 0.25) is 0 Å². The summed E-state index contributed by atoms with van der Waals surface area (Å²) < 4.78 is 10.2. The van der Waals surface area contributed by atoms with Crippen molar-refractivity contribution in [3.05, 3.63) is 47.8 Å². The van der Waals surface area contributed by atoms with E-state index in [4.69, 9.17) is 9.47 Å². The fourth-order valence-corrected chi connectivity index (χ4v) is 1.70. The average molecular weight is 244 g/mol. The molecule has 2 heterocycles. The second-order valence-electron chi connectivity index (χ2n) is 3.89. The first-order chi connectivity index (χ1) is 8.83. The highest BCUT2D eigenvalue weighted by Crippen LogP contribution is 2.15. The van der Waals surface area contributed by atoms with Crippen LogP contribution in [0.3, 0.4) is 0 Å². The van der Waals surface area contributed by atoms with Crippen molar-refractivity contribution in [1.82, 2.24) is 9.97 Å². The lowest BCUT2D eigenvalue weighted by molar-refractivity contribution is 0.181. The number of rotatable bonds is 5. The Morgan fingerprint density at radius 3 is 1.61 bits per heavy atom. The summed E-state index contributed by atoms with van der Waals surface area (Å²) in [6.45, 7) is 1.01. The first-order valence-corrected chi connectivity index (χ1v) is 5.73. The Morgan fingerprint density at radius 1 is 0.778 bits per heavy atom. The van der Waals surface area contributed by atoms with Crippen molar-refractivity contribution in [2.45, 2.75) is 13.2 Å². The van der Waals surface area contributed by atoms with Gasteiger partial charge in [0, 0.05) is 14.2 Å². The number of hydrogen-bond donors (Lipinski definition) is 0. The molecule has 0 saturated heterocycles. The second kappa shape index (κ2) is 6.23. The van der Waals surface area contributed by atoms with Crippen LogP contribution in [0.4, 0.5) is 0 Å². The highest BCUT2D eigenvalue weighted by atomic mass is 16.5. The molecule has 0 bridgehead atoms. The Morgan fingerprint density at radius 2 is 1.22 bits per heavy atom. The number of pyridine rings is 2. The smallest absolute Gasteiger partial charge is 0.0890 e. The van der Waals surface area contributed by atoms with Gasteiger partial charge in [0.15, 0.2) is 0 Å². The minimum absolute atomic E-state index is 0.506. The lowest BCUT2D eigenvalue weighted by atomic mass is 10.2. The zero-order chi connectivity index (χ0) is 12.8. The average Bonchev–Trinajstić information content (AvgIpc) is 2.40. The van der Waals surface area contributed by atoms with Crippen LogP contribution >= 0.6 is 0 Å². The molecule has 18 heavy (non-hydrogen) atoms. The third-order valence-electron chi connectivity index (χ3n) is 2.46. The monoisotopic (exact) mass is 244 g/mol. The van der Waals surface area contributed by atoms with Gasteiger partial charge in [0.05, 0.1) is 36.0 Å². The predicted molar refractivity (Wildman–Crippen MR) is 68.9 cm³/mol. The molecule has 2 rings (SSSR count). The van der Waals surface area contributed by atoms with Gasteiger partial charge in [0.25, 0.3) is 0 Å². The van der Waals surface area contributed by atoms with Gasteiger partial charge in [-0.25, -0.2) is 9.97 Å². The van der Waals surface area contributed by atoms with Crippen LogP contribution in [0, 0.1) is 0 Å². The van der Waals surface area contributed by atoms with E-state index in [1.807, 2.05) is 36.4 Å². The van der Waals surface area contributed by atoms with Gasteiger partial charge in [0.1, 0.15) is 0 Å². The minimum Gasteiger partial charge on any atom is -0.378 e. The van der Waals surface area contributed by atoms with Gasteiger partial charge < -0.3 is 9.47 Å². The second-order valence-corrected chi connectivity index (χ2v) is 3.89. The molecule has 2 aromatic heterocycles. The van der Waals surface area contributed by atoms with Crippen molar-refractivity contribution in [2.75, 3.05) is 14.2 Å². The zero-order valence-electron chi connectivity index (χ0n) is 10.6. The van der Waals surface area contributed by atoms with Crippen molar-refractivity contribution < 1.29 is 9.47 Å². The summed E-state index contributed by atoms with van der Waals surface area (Å²) in [7, 11) is 3.32. The van der Waals surface area contributed by atoms with E-state index in [0.29, 0.717) is 13.2 Å². The number of methoxy groups -OCH3 is 2. The molecule has 0 fully saturated rings. The van der Waals surface area contributed by atoms with E-state index in [-0.39, 0.29) is 0 Å². The molecule has 94 valence electrons. The highest BCUT2D eigenvalue weighted by molar-refractivity contribution is 5.54. The highest BCUT2D eigenvalue weighted by Gasteiger charge is 2.03. The van der Waals surface area contributed by atoms with Gasteiger partial charge in [-0.15, -0.1) is 0 Å². The summed E-state index contributed by atoms with van der Waals surface area (Å²) in [5.74, 6) is 0. The quantitative estimate of drug-likeness (QED) is 0.810. The van der Waals surface area contributed by atoms with E-state index in [1.54, 1.807) is 14.2 Å². The standard InChI is InChI=1S/C14H16N2O2/c1-17-9-11-5-3-7-13(15-11)14-8-4-6-12(16-14)10-18-2/h3-8H,9-10H2,1-2H3. The molecule has 0 aliphatic carbocycles. The lowest BCUT2D eigenvalue weighted by Crippen LogP contribution is -1.97. The van der Waals surface area contributed by atoms with Gasteiger partial charge in [-0.1, -0.05) is 12.1 Å². The fourth-order valence-electron chi connectivity index (χ4n) is 1.70. The summed E-state index contributed by atoms with van der Waals surface area (Å²) in [5.41, 5.74) is 3.49. The summed E-state index contributed by atoms with van der Waals surface area (Å²) >= 11 is 0. The van der Waals surface area contributed by atoms with E-state index in [1.165, 1.54) is 0 Å². The maximum Gasteiger partial charge on any atom is 0.0890 e. The summed E-state index contributed by atoms with van der Waals surface area (Å²) in [5, 5.41) is 0. The van der Waals surface area contributed by atoms with Crippen molar-refractivity contribution in [1.29, 1.82) is 0 Å². The van der Waals surface area contributed by atoms with Crippen molar-refractivity contribution in [2.24, 2.45) is 0 Å². The summed E-state index contributed by atoms with van der Waals surface area (Å²) in [6.07, 6.45) is 0. The molecule has 0 aliphatic rings. The molecule has 0 amide bonds. The van der Waals surface area contributed by atoms with Gasteiger partial charge in [-0.05, 0) is 24.3 Å². The van der Waals surface area contributed by atoms with Crippen LogP contribution in [0.1, 0.15) is 11.4 Å². The predicted octanol–water partition coefficient (Wildman–Crippen LogP) is 2.44. The van der Waals surface area contributed by atoms with E-state index in [0.717, 1.165) is 22.8 Å². The first-order valence-electron chi connectivity index (χ1n) is 5.73. The Bertz CT molecular complexity index is 467. The SMILES string of the molecule is COCc1cccc(-c2cccc(COC)n2)n1.